The second kappa shape index (κ2) is 64.2. The highest BCUT2D eigenvalue weighted by atomic mass is 32.2. The lowest BCUT2D eigenvalue weighted by atomic mass is 10.0. The van der Waals surface area contributed by atoms with Crippen LogP contribution in [0, 0.1) is 11.8 Å². The Morgan fingerprint density at radius 2 is 0.854 bits per heavy atom. The maximum Gasteiger partial charge on any atom is 0.245 e. The molecule has 29 N–H and O–H groups in total. The molecule has 4 rings (SSSR count). The van der Waals surface area contributed by atoms with E-state index in [-0.39, 0.29) is 159 Å². The van der Waals surface area contributed by atoms with E-state index >= 15 is 0 Å². The summed E-state index contributed by atoms with van der Waals surface area (Å²) >= 11 is 1.29. The lowest BCUT2D eigenvalue weighted by Crippen LogP contribution is -2.62. The number of hydrogen-bond donors (Lipinski definition) is 22. The van der Waals surface area contributed by atoms with Crippen LogP contribution in [-0.2, 0) is 87.9 Å². The van der Waals surface area contributed by atoms with Gasteiger partial charge in [0.15, 0.2) is 11.9 Å². The number of aromatic nitrogens is 2. The van der Waals surface area contributed by atoms with E-state index in [1.807, 2.05) is 13.8 Å². The lowest BCUT2D eigenvalue weighted by molar-refractivity contribution is -0.143. The summed E-state index contributed by atoms with van der Waals surface area (Å²) < 4.78 is 0. The largest absolute Gasteiger partial charge is 0.394 e. The minimum Gasteiger partial charge on any atom is -0.394 e. The Labute approximate surface area is 808 Å². The van der Waals surface area contributed by atoms with Crippen LogP contribution in [0.5, 0.6) is 0 Å². The van der Waals surface area contributed by atoms with Crippen LogP contribution in [0.25, 0.3) is 0 Å². The molecule has 0 aliphatic carbocycles. The van der Waals surface area contributed by atoms with E-state index in [9.17, 15) is 91.7 Å². The Morgan fingerprint density at radius 3 is 1.34 bits per heavy atom. The van der Waals surface area contributed by atoms with Crippen molar-refractivity contribution in [3.63, 3.8) is 0 Å². The SMILES string of the molecule is CCCCCCCCCCCCCCCCCC(=O)N[C@@H](C)C(=O)N[C@@H](CCCN=C(N)N)C(=O)N[C@@H](CC(C)C)C(=O)N1CCC[C@H]1C(=O)N[C@@H](CCCN=C(N)N)C(=O)N[C@H](C(=O)N[C@@H](CCSC)C(=O)N[C@H](C(=O)N[C@@H](Cc1cnc[nH]1)C(=O)N[C@@H](CO)C(=O)N[C@@H](CCCCN)C(=O)N1CCC[C@H]1C(=O)N[C@@H](C)C(=O)N[C@@H](CCC(N)=O)C(=O)N1CCC[C@H]1C(N)=O)C(C)C)[C@@H](C)O. The summed E-state index contributed by atoms with van der Waals surface area (Å²) in [4.78, 5) is 257. The van der Waals surface area contributed by atoms with Crippen molar-refractivity contribution in [1.29, 1.82) is 0 Å². The monoisotopic (exact) mass is 1950 g/mol. The zero-order valence-electron chi connectivity index (χ0n) is 81.7. The standard InChI is InChI=1S/C91H160N26O19S/c1-10-11-12-13-14-15-16-17-18-19-20-21-22-23-24-38-72(121)103-56(6)76(123)105-60(33-27-43-100-90(95)96)78(125)111-66(49-54(2)3)89(136)117-47-31-37-70(117)84(131)106-61(34-28-44-101-91(97)98)79(126)114-74(58(8)119)86(133)107-62(41-48-137-9)80(127)113-73(55(4)5)85(132)110-65(50-59-51-99-53-102-59)81(128)112-67(52-118)82(129)109-63(32-25-26-42-92)87(134)116-46-30-36-69(116)83(130)104-57(7)77(124)108-64(39-40-71(93)120)88(135)115-45-29-35-68(115)75(94)122/h51,53-58,60-70,73-74,118-119H,10-50,52,92H2,1-9H3,(H2,93,120)(H2,94,122)(H,99,102)(H,103,121)(H,104,130)(H,105,123)(H,106,131)(H,107,133)(H,108,124)(H,109,129)(H,110,132)(H,111,125)(H,112,128)(H,113,127)(H,114,126)(H4,95,96,100)(H4,97,98,101)/t56-,57-,58+,60-,61-,62-,63-,64-,65-,66-,67-,68-,69-,70-,73-,74-/m0/s1. The third kappa shape index (κ3) is 43.3. The number of rotatable bonds is 68. The summed E-state index contributed by atoms with van der Waals surface area (Å²) in [7, 11) is 0. The maximum absolute atomic E-state index is 14.9. The van der Waals surface area contributed by atoms with E-state index in [0.29, 0.717) is 44.2 Å². The van der Waals surface area contributed by atoms with Crippen LogP contribution in [0.2, 0.25) is 0 Å². The van der Waals surface area contributed by atoms with Gasteiger partial charge >= 0.3 is 0 Å². The molecule has 45 nitrogen and oxygen atoms in total. The highest BCUT2D eigenvalue weighted by Crippen LogP contribution is 2.26. The van der Waals surface area contributed by atoms with Gasteiger partial charge in [-0.1, -0.05) is 125 Å². The van der Waals surface area contributed by atoms with E-state index in [1.54, 1.807) is 20.1 Å². The van der Waals surface area contributed by atoms with Gasteiger partial charge in [0, 0.05) is 63.9 Å². The fraction of sp³-hybridized carbons (Fsp3) is 0.758. The van der Waals surface area contributed by atoms with Crippen LogP contribution in [0.4, 0.5) is 0 Å². The number of thioether (sulfide) groups is 1. The van der Waals surface area contributed by atoms with E-state index in [1.165, 1.54) is 124 Å². The zero-order valence-corrected chi connectivity index (χ0v) is 82.5. The predicted molar refractivity (Wildman–Crippen MR) is 517 cm³/mol. The first-order chi connectivity index (χ1) is 65.2. The van der Waals surface area contributed by atoms with Gasteiger partial charge in [0.25, 0.3) is 0 Å². The summed E-state index contributed by atoms with van der Waals surface area (Å²) in [5.41, 5.74) is 39.5. The fourth-order valence-corrected chi connectivity index (χ4v) is 17.1. The molecule has 4 heterocycles. The van der Waals surface area contributed by atoms with Gasteiger partial charge in [-0.05, 0) is 160 Å². The van der Waals surface area contributed by atoms with Crippen LogP contribution >= 0.6 is 11.8 Å². The molecular weight excluding hydrogens is 1790 g/mol. The molecule has 0 bridgehead atoms. The van der Waals surface area contributed by atoms with Crippen LogP contribution < -0.4 is 104 Å². The quantitative estimate of drug-likeness (QED) is 0.0188. The number of aliphatic hydroxyl groups excluding tert-OH is 2. The maximum atomic E-state index is 14.9. The Kier molecular flexibility index (Phi) is 55.4. The topological polar surface area (TPSA) is 720 Å². The second-order valence-electron chi connectivity index (χ2n) is 36.7. The van der Waals surface area contributed by atoms with E-state index in [4.69, 9.17) is 40.1 Å². The molecule has 3 fully saturated rings. The Hall–Kier alpha value is -11.0. The summed E-state index contributed by atoms with van der Waals surface area (Å²) in [5.74, 6) is -15.0. The van der Waals surface area contributed by atoms with Crippen molar-refractivity contribution in [3.8, 4) is 0 Å². The van der Waals surface area contributed by atoms with Gasteiger partial charge < -0.3 is 134 Å². The summed E-state index contributed by atoms with van der Waals surface area (Å²) in [6.45, 7) is 12.5. The molecule has 3 aliphatic rings. The molecule has 17 amide bonds. The van der Waals surface area contributed by atoms with E-state index < -0.39 is 204 Å². The first kappa shape index (κ1) is 118. The van der Waals surface area contributed by atoms with Gasteiger partial charge in [-0.3, -0.25) is 91.5 Å². The van der Waals surface area contributed by atoms with Crippen molar-refractivity contribution in [3.05, 3.63) is 18.2 Å². The first-order valence-electron chi connectivity index (χ1n) is 48.9. The molecule has 0 unspecified atom stereocenters. The molecule has 1 aromatic rings. The number of aliphatic hydroxyl groups is 2. The van der Waals surface area contributed by atoms with E-state index in [0.717, 1.165) is 25.7 Å². The van der Waals surface area contributed by atoms with Gasteiger partial charge in [-0.25, -0.2) is 4.98 Å². The molecule has 0 saturated carbocycles. The number of carbonyl (C=O) groups excluding carboxylic acids is 17. The minimum absolute atomic E-state index is 0.0104. The average Bonchev–Trinajstić information content (AvgIpc) is 1.74. The number of nitrogens with one attached hydrogen (secondary N) is 13. The van der Waals surface area contributed by atoms with Crippen molar-refractivity contribution in [2.75, 3.05) is 57.9 Å². The number of nitrogens with zero attached hydrogens (tertiary/aromatic N) is 6. The first-order valence-corrected chi connectivity index (χ1v) is 50.3. The summed E-state index contributed by atoms with van der Waals surface area (Å²) in [6.07, 6.45) is 21.9. The summed E-state index contributed by atoms with van der Waals surface area (Å²) in [5, 5.41) is 53.7. The van der Waals surface area contributed by atoms with Crippen LogP contribution in [-0.4, -0.2) is 302 Å². The number of likely N-dealkylation sites (tertiary alicyclic amines) is 3. The minimum atomic E-state index is -1.83. The van der Waals surface area contributed by atoms with Gasteiger partial charge in [-0.15, -0.1) is 0 Å². The third-order valence-electron chi connectivity index (χ3n) is 24.4. The highest BCUT2D eigenvalue weighted by molar-refractivity contribution is 7.98. The van der Waals surface area contributed by atoms with Gasteiger partial charge in [-0.2, -0.15) is 11.8 Å². The Morgan fingerprint density at radius 1 is 0.445 bits per heavy atom. The van der Waals surface area contributed by atoms with Crippen LogP contribution in [0.3, 0.4) is 0 Å². The number of hydrogen-bond acceptors (Lipinski definition) is 24. The number of H-pyrrole nitrogens is 1. The molecule has 0 aromatic carbocycles. The number of imidazole rings is 1. The Balaban J connectivity index is 1.48. The highest BCUT2D eigenvalue weighted by Gasteiger charge is 2.45. The number of aromatic amines is 1. The third-order valence-corrected chi connectivity index (χ3v) is 25.0. The Bertz CT molecular complexity index is 4080. The lowest BCUT2D eigenvalue weighted by Gasteiger charge is -2.32. The number of nitrogens with two attached hydrogens (primary N) is 7. The van der Waals surface area contributed by atoms with Gasteiger partial charge in [0.2, 0.25) is 100 Å². The fourth-order valence-electron chi connectivity index (χ4n) is 16.6. The van der Waals surface area contributed by atoms with Crippen molar-refractivity contribution >= 4 is 124 Å². The predicted octanol–water partition coefficient (Wildman–Crippen LogP) is -2.14. The second-order valence-corrected chi connectivity index (χ2v) is 37.7. The molecule has 1 aromatic heterocycles. The molecule has 774 valence electrons. The molecular formula is C91H160N26O19S. The number of guanidine groups is 2. The number of amides is 17. The van der Waals surface area contributed by atoms with Gasteiger partial charge in [0.1, 0.15) is 90.6 Å². The zero-order chi connectivity index (χ0) is 102. The normalized spacial score (nSPS) is 17.5. The molecule has 0 radical (unpaired) electrons. The van der Waals surface area contributed by atoms with Gasteiger partial charge in [0.05, 0.1) is 19.0 Å². The number of unbranched alkanes of at least 4 members (excludes halogenated alkanes) is 15. The number of carbonyl (C=O) groups is 17. The van der Waals surface area contributed by atoms with Crippen LogP contribution in [0.1, 0.15) is 273 Å². The molecule has 16 atom stereocenters. The average molecular weight is 1950 g/mol. The summed E-state index contributed by atoms with van der Waals surface area (Å²) in [6, 6.07) is -20.6. The smallest absolute Gasteiger partial charge is 0.245 e. The molecule has 3 saturated heterocycles. The number of primary amides is 2. The molecule has 137 heavy (non-hydrogen) atoms. The molecule has 0 spiro atoms. The van der Waals surface area contributed by atoms with Crippen molar-refractivity contribution in [2.45, 2.75) is 370 Å². The molecule has 46 heteroatoms. The molecule has 3 aliphatic heterocycles. The van der Waals surface area contributed by atoms with Crippen molar-refractivity contribution in [1.82, 2.24) is 88.5 Å². The van der Waals surface area contributed by atoms with Crippen molar-refractivity contribution < 1.29 is 91.7 Å². The number of aliphatic imine (C=N–C) groups is 2. The van der Waals surface area contributed by atoms with E-state index in [2.05, 4.69) is 90.7 Å². The van der Waals surface area contributed by atoms with Crippen molar-refractivity contribution in [2.24, 2.45) is 62.0 Å². The van der Waals surface area contributed by atoms with Crippen LogP contribution in [0.15, 0.2) is 22.5 Å².